The molecule has 0 aliphatic carbocycles. The molecule has 2 aromatic carbocycles. The molecule has 2 N–H and O–H groups in total. The van der Waals surface area contributed by atoms with Crippen molar-refractivity contribution < 1.29 is 0 Å². The molecule has 0 saturated heterocycles. The molecule has 19 heavy (non-hydrogen) atoms. The Bertz CT molecular complexity index is 581. The van der Waals surface area contributed by atoms with Crippen molar-refractivity contribution in [2.24, 2.45) is 0 Å². The highest BCUT2D eigenvalue weighted by atomic mass is 79.9. The van der Waals surface area contributed by atoms with Gasteiger partial charge in [-0.2, -0.15) is 0 Å². The van der Waals surface area contributed by atoms with Crippen LogP contribution in [0.2, 0.25) is 0 Å². The largest absolute Gasteiger partial charge is 0.384 e. The first kappa shape index (κ1) is 12.7. The van der Waals surface area contributed by atoms with E-state index in [-0.39, 0.29) is 0 Å². The van der Waals surface area contributed by atoms with Gasteiger partial charge in [0.1, 0.15) is 0 Å². The highest BCUT2D eigenvalue weighted by Gasteiger charge is 2.12. The average molecular weight is 317 g/mol. The lowest BCUT2D eigenvalue weighted by atomic mass is 10.1. The molecule has 3 rings (SSSR count). The molecule has 1 aliphatic rings. The Morgan fingerprint density at radius 2 is 1.79 bits per heavy atom. The van der Waals surface area contributed by atoms with Crippen LogP contribution in [0.1, 0.15) is 16.7 Å². The number of halogens is 1. The van der Waals surface area contributed by atoms with E-state index in [9.17, 15) is 0 Å². The van der Waals surface area contributed by atoms with Crippen molar-refractivity contribution in [3.8, 4) is 0 Å². The van der Waals surface area contributed by atoms with E-state index in [4.69, 9.17) is 0 Å². The van der Waals surface area contributed by atoms with Gasteiger partial charge in [-0.25, -0.2) is 0 Å². The van der Waals surface area contributed by atoms with Gasteiger partial charge in [0.15, 0.2) is 0 Å². The maximum atomic E-state index is 3.58. The van der Waals surface area contributed by atoms with Crippen LogP contribution in [-0.4, -0.2) is 6.54 Å². The summed E-state index contributed by atoms with van der Waals surface area (Å²) in [6.45, 7) is 2.85. The van der Waals surface area contributed by atoms with Crippen molar-refractivity contribution in [1.29, 1.82) is 0 Å². The van der Waals surface area contributed by atoms with Crippen molar-refractivity contribution in [3.63, 3.8) is 0 Å². The van der Waals surface area contributed by atoms with Gasteiger partial charge in [-0.15, -0.1) is 0 Å². The number of anilines is 1. The molecule has 0 unspecified atom stereocenters. The standard InChI is InChI=1S/C16H17BrN2/c17-15-7-2-1-4-13(15)10-18-11-14-6-3-5-12-8-9-19-16(12)14/h1-7,18-19H,8-11H2. The molecule has 0 saturated carbocycles. The average Bonchev–Trinajstić information content (AvgIpc) is 2.90. The summed E-state index contributed by atoms with van der Waals surface area (Å²) in [5, 5.41) is 7.00. The smallest absolute Gasteiger partial charge is 0.0419 e. The van der Waals surface area contributed by atoms with Gasteiger partial charge in [-0.05, 0) is 29.2 Å². The Morgan fingerprint density at radius 1 is 1.00 bits per heavy atom. The summed E-state index contributed by atoms with van der Waals surface area (Å²) in [5.74, 6) is 0. The van der Waals surface area contributed by atoms with Crippen LogP contribution in [0.3, 0.4) is 0 Å². The molecular weight excluding hydrogens is 300 g/mol. The summed E-state index contributed by atoms with van der Waals surface area (Å²) in [6, 6.07) is 14.9. The first-order valence-electron chi connectivity index (χ1n) is 6.63. The molecule has 1 heterocycles. The number of rotatable bonds is 4. The number of hydrogen-bond donors (Lipinski definition) is 2. The zero-order valence-electron chi connectivity index (χ0n) is 10.7. The highest BCUT2D eigenvalue weighted by molar-refractivity contribution is 9.10. The van der Waals surface area contributed by atoms with Crippen molar-refractivity contribution in [3.05, 3.63) is 63.6 Å². The second-order valence-electron chi connectivity index (χ2n) is 4.82. The van der Waals surface area contributed by atoms with E-state index in [1.54, 1.807) is 0 Å². The predicted molar refractivity (Wildman–Crippen MR) is 83.3 cm³/mol. The van der Waals surface area contributed by atoms with Gasteiger partial charge < -0.3 is 10.6 Å². The van der Waals surface area contributed by atoms with Gasteiger partial charge in [0.05, 0.1) is 0 Å². The molecule has 0 spiro atoms. The molecule has 0 radical (unpaired) electrons. The van der Waals surface area contributed by atoms with Crippen LogP contribution in [0.5, 0.6) is 0 Å². The fourth-order valence-electron chi connectivity index (χ4n) is 2.53. The second-order valence-corrected chi connectivity index (χ2v) is 5.68. The second kappa shape index (κ2) is 5.76. The van der Waals surface area contributed by atoms with Crippen LogP contribution < -0.4 is 10.6 Å². The minimum atomic E-state index is 0.880. The lowest BCUT2D eigenvalue weighted by Crippen LogP contribution is -2.14. The van der Waals surface area contributed by atoms with Crippen molar-refractivity contribution >= 4 is 21.6 Å². The molecule has 0 atom stereocenters. The topological polar surface area (TPSA) is 24.1 Å². The number of para-hydroxylation sites is 1. The Kier molecular flexibility index (Phi) is 3.85. The first-order chi connectivity index (χ1) is 9.34. The van der Waals surface area contributed by atoms with Crippen LogP contribution in [0.4, 0.5) is 5.69 Å². The Balaban J connectivity index is 1.65. The molecule has 0 amide bonds. The molecule has 98 valence electrons. The van der Waals surface area contributed by atoms with Gasteiger partial charge in [0.2, 0.25) is 0 Å². The molecule has 0 bridgehead atoms. The summed E-state index contributed by atoms with van der Waals surface area (Å²) >= 11 is 3.58. The van der Waals surface area contributed by atoms with Gasteiger partial charge in [-0.3, -0.25) is 0 Å². The summed E-state index contributed by atoms with van der Waals surface area (Å²) in [6.07, 6.45) is 1.15. The van der Waals surface area contributed by atoms with Crippen LogP contribution in [0.25, 0.3) is 0 Å². The lowest BCUT2D eigenvalue weighted by molar-refractivity contribution is 0.692. The number of fused-ring (bicyclic) bond motifs is 1. The van der Waals surface area contributed by atoms with E-state index in [0.717, 1.165) is 26.1 Å². The minimum Gasteiger partial charge on any atom is -0.384 e. The van der Waals surface area contributed by atoms with Crippen LogP contribution >= 0.6 is 15.9 Å². The van der Waals surface area contributed by atoms with Crippen LogP contribution in [0.15, 0.2) is 46.9 Å². The third-order valence-electron chi connectivity index (χ3n) is 3.52. The summed E-state index contributed by atoms with van der Waals surface area (Å²) in [7, 11) is 0. The normalized spacial score (nSPS) is 13.1. The van der Waals surface area contributed by atoms with Gasteiger partial charge in [0, 0.05) is 29.8 Å². The number of hydrogen-bond acceptors (Lipinski definition) is 2. The Labute approximate surface area is 122 Å². The molecule has 0 aromatic heterocycles. The zero-order chi connectivity index (χ0) is 13.1. The van der Waals surface area contributed by atoms with Gasteiger partial charge in [0.25, 0.3) is 0 Å². The Hall–Kier alpha value is -1.32. The van der Waals surface area contributed by atoms with E-state index < -0.39 is 0 Å². The number of benzene rings is 2. The third-order valence-corrected chi connectivity index (χ3v) is 4.30. The Morgan fingerprint density at radius 3 is 2.68 bits per heavy atom. The summed E-state index contributed by atoms with van der Waals surface area (Å²) < 4.78 is 1.17. The first-order valence-corrected chi connectivity index (χ1v) is 7.42. The van der Waals surface area contributed by atoms with E-state index in [1.165, 1.54) is 26.9 Å². The number of nitrogens with one attached hydrogen (secondary N) is 2. The molecule has 1 aliphatic heterocycles. The third kappa shape index (κ3) is 2.82. The van der Waals surface area contributed by atoms with E-state index in [0.29, 0.717) is 0 Å². The molecule has 3 heteroatoms. The molecule has 2 nitrogen and oxygen atoms in total. The van der Waals surface area contributed by atoms with Crippen LogP contribution in [-0.2, 0) is 19.5 Å². The fourth-order valence-corrected chi connectivity index (χ4v) is 2.96. The molecular formula is C16H17BrN2. The summed E-state index contributed by atoms with van der Waals surface area (Å²) in [5.41, 5.74) is 5.44. The zero-order valence-corrected chi connectivity index (χ0v) is 12.3. The summed E-state index contributed by atoms with van der Waals surface area (Å²) in [4.78, 5) is 0. The van der Waals surface area contributed by atoms with Crippen molar-refractivity contribution in [2.45, 2.75) is 19.5 Å². The maximum Gasteiger partial charge on any atom is 0.0419 e. The van der Waals surface area contributed by atoms with Crippen molar-refractivity contribution in [2.75, 3.05) is 11.9 Å². The highest BCUT2D eigenvalue weighted by Crippen LogP contribution is 2.26. The maximum absolute atomic E-state index is 3.58. The van der Waals surface area contributed by atoms with E-state index in [1.807, 2.05) is 6.07 Å². The van der Waals surface area contributed by atoms with E-state index in [2.05, 4.69) is 63.0 Å². The van der Waals surface area contributed by atoms with E-state index >= 15 is 0 Å². The fraction of sp³-hybridized carbons (Fsp3) is 0.250. The minimum absolute atomic E-state index is 0.880. The predicted octanol–water partition coefficient (Wildman–Crippen LogP) is 3.71. The van der Waals surface area contributed by atoms with Crippen LogP contribution in [0, 0.1) is 0 Å². The SMILES string of the molecule is Brc1ccccc1CNCc1cccc2c1NCC2. The molecule has 0 fully saturated rings. The molecule has 2 aromatic rings. The van der Waals surface area contributed by atoms with Gasteiger partial charge >= 0.3 is 0 Å². The lowest BCUT2D eigenvalue weighted by Gasteiger charge is -2.11. The van der Waals surface area contributed by atoms with Gasteiger partial charge in [-0.1, -0.05) is 52.3 Å². The quantitative estimate of drug-likeness (QED) is 0.898. The monoisotopic (exact) mass is 316 g/mol. The van der Waals surface area contributed by atoms with Crippen molar-refractivity contribution in [1.82, 2.24) is 5.32 Å².